The highest BCUT2D eigenvalue weighted by atomic mass is 19.3. The lowest BCUT2D eigenvalue weighted by atomic mass is 9.98. The number of amides is 1. The van der Waals surface area contributed by atoms with E-state index in [0.717, 1.165) is 49.9 Å². The van der Waals surface area contributed by atoms with Crippen LogP contribution in [0.15, 0.2) is 24.3 Å². The monoisotopic (exact) mass is 391 g/mol. The van der Waals surface area contributed by atoms with Crippen molar-refractivity contribution in [2.45, 2.75) is 44.8 Å². The minimum absolute atomic E-state index is 0.0642. The number of likely N-dealkylation sites (tertiary alicyclic amines) is 1. The zero-order valence-electron chi connectivity index (χ0n) is 15.9. The van der Waals surface area contributed by atoms with E-state index in [1.165, 1.54) is 0 Å². The van der Waals surface area contributed by atoms with Crippen LogP contribution in [0.5, 0.6) is 0 Å². The number of nitrogens with one attached hydrogen (secondary N) is 2. The summed E-state index contributed by atoms with van der Waals surface area (Å²) in [5.74, 6) is 0.814. The van der Waals surface area contributed by atoms with Crippen molar-refractivity contribution in [3.8, 4) is 0 Å². The van der Waals surface area contributed by atoms with Gasteiger partial charge in [0.05, 0.1) is 23.6 Å². The van der Waals surface area contributed by atoms with E-state index in [0.29, 0.717) is 35.9 Å². The van der Waals surface area contributed by atoms with Gasteiger partial charge in [-0.1, -0.05) is 12.1 Å². The molecule has 3 heterocycles. The molecular formula is C20H27F2N5O. The molecule has 2 aliphatic heterocycles. The first-order chi connectivity index (χ1) is 13.6. The Labute approximate surface area is 163 Å². The molecule has 2 aromatic rings. The van der Waals surface area contributed by atoms with Crippen LogP contribution in [0.3, 0.4) is 0 Å². The zero-order chi connectivity index (χ0) is 19.5. The summed E-state index contributed by atoms with van der Waals surface area (Å²) in [5.41, 5.74) is 1.07. The molecule has 6 nitrogen and oxygen atoms in total. The van der Waals surface area contributed by atoms with Gasteiger partial charge >= 0.3 is 6.55 Å². The molecule has 4 rings (SSSR count). The molecule has 2 fully saturated rings. The smallest absolute Gasteiger partial charge is 0.320 e. The molecule has 0 bridgehead atoms. The molecule has 28 heavy (non-hydrogen) atoms. The van der Waals surface area contributed by atoms with E-state index in [1.807, 2.05) is 6.07 Å². The number of rotatable bonds is 6. The van der Waals surface area contributed by atoms with Crippen molar-refractivity contribution in [2.24, 2.45) is 5.92 Å². The molecule has 0 radical (unpaired) electrons. The number of nitrogens with zero attached hydrogens (tertiary/aromatic N) is 3. The molecule has 0 aliphatic carbocycles. The van der Waals surface area contributed by atoms with Gasteiger partial charge in [0.1, 0.15) is 5.82 Å². The molecule has 0 spiro atoms. The largest absolute Gasteiger partial charge is 0.354 e. The second-order valence-electron chi connectivity index (χ2n) is 7.80. The second-order valence-corrected chi connectivity index (χ2v) is 7.80. The second kappa shape index (κ2) is 8.53. The summed E-state index contributed by atoms with van der Waals surface area (Å²) >= 11 is 0. The third-order valence-corrected chi connectivity index (χ3v) is 5.77. The van der Waals surface area contributed by atoms with Crippen molar-refractivity contribution >= 4 is 16.9 Å². The Kier molecular flexibility index (Phi) is 5.87. The molecule has 2 unspecified atom stereocenters. The van der Waals surface area contributed by atoms with Crippen LogP contribution >= 0.6 is 0 Å². The van der Waals surface area contributed by atoms with Crippen molar-refractivity contribution in [2.75, 3.05) is 26.2 Å². The van der Waals surface area contributed by atoms with E-state index in [-0.39, 0.29) is 11.9 Å². The molecule has 8 heteroatoms. The molecule has 1 amide bonds. The van der Waals surface area contributed by atoms with Crippen LogP contribution in [0.1, 0.15) is 38.1 Å². The first-order valence-corrected chi connectivity index (χ1v) is 10.1. The number of aromatic nitrogens is 2. The molecule has 2 N–H and O–H groups in total. The van der Waals surface area contributed by atoms with Crippen LogP contribution in [0, 0.1) is 5.92 Å². The van der Waals surface area contributed by atoms with Crippen LogP contribution < -0.4 is 10.6 Å². The van der Waals surface area contributed by atoms with Crippen molar-refractivity contribution in [1.82, 2.24) is 25.1 Å². The van der Waals surface area contributed by atoms with Gasteiger partial charge in [0, 0.05) is 13.1 Å². The van der Waals surface area contributed by atoms with Crippen LogP contribution in [-0.2, 0) is 11.3 Å². The quantitative estimate of drug-likeness (QED) is 0.794. The van der Waals surface area contributed by atoms with E-state index in [2.05, 4.69) is 20.5 Å². The van der Waals surface area contributed by atoms with Gasteiger partial charge in [-0.2, -0.15) is 8.78 Å². The Balaban J connectivity index is 1.38. The number of imidazole rings is 1. The van der Waals surface area contributed by atoms with Gasteiger partial charge in [0.15, 0.2) is 0 Å². The summed E-state index contributed by atoms with van der Waals surface area (Å²) < 4.78 is 28.3. The molecule has 2 aliphatic rings. The lowest BCUT2D eigenvalue weighted by Gasteiger charge is -2.32. The summed E-state index contributed by atoms with van der Waals surface area (Å²) in [5, 5.41) is 6.27. The number of hydrogen-bond acceptors (Lipinski definition) is 4. The van der Waals surface area contributed by atoms with Gasteiger partial charge in [-0.3, -0.25) is 14.3 Å². The summed E-state index contributed by atoms with van der Waals surface area (Å²) in [7, 11) is 0. The number of alkyl halides is 2. The molecule has 0 saturated carbocycles. The van der Waals surface area contributed by atoms with Crippen molar-refractivity contribution in [3.05, 3.63) is 30.1 Å². The topological polar surface area (TPSA) is 62.2 Å². The highest BCUT2D eigenvalue weighted by Gasteiger charge is 2.26. The first kappa shape index (κ1) is 19.3. The fraction of sp³-hybridized carbons (Fsp3) is 0.600. The number of carbonyl (C=O) groups is 1. The maximum Gasteiger partial charge on any atom is 0.320 e. The Morgan fingerprint density at radius 2 is 2.14 bits per heavy atom. The minimum atomic E-state index is -2.61. The third kappa shape index (κ3) is 4.17. The van der Waals surface area contributed by atoms with E-state index in [4.69, 9.17) is 0 Å². The van der Waals surface area contributed by atoms with Gasteiger partial charge in [-0.05, 0) is 56.8 Å². The summed E-state index contributed by atoms with van der Waals surface area (Å²) in [6, 6.07) is 6.96. The Morgan fingerprint density at radius 3 is 2.93 bits per heavy atom. The zero-order valence-corrected chi connectivity index (χ0v) is 15.9. The van der Waals surface area contributed by atoms with Gasteiger partial charge in [0.25, 0.3) is 0 Å². The predicted octanol–water partition coefficient (Wildman–Crippen LogP) is 2.51. The number of hydrogen-bond donors (Lipinski definition) is 2. The summed E-state index contributed by atoms with van der Waals surface area (Å²) in [6.45, 7) is 0.972. The Hall–Kier alpha value is -2.06. The highest BCUT2D eigenvalue weighted by Crippen LogP contribution is 2.25. The Morgan fingerprint density at radius 1 is 1.29 bits per heavy atom. The number of benzene rings is 1. The summed E-state index contributed by atoms with van der Waals surface area (Å²) in [4.78, 5) is 18.8. The van der Waals surface area contributed by atoms with Crippen molar-refractivity contribution in [3.63, 3.8) is 0 Å². The number of fused-ring (bicyclic) bond motifs is 1. The van der Waals surface area contributed by atoms with E-state index >= 15 is 0 Å². The van der Waals surface area contributed by atoms with E-state index < -0.39 is 6.55 Å². The molecule has 1 aromatic carbocycles. The van der Waals surface area contributed by atoms with Gasteiger partial charge < -0.3 is 10.6 Å². The number of piperidine rings is 1. The van der Waals surface area contributed by atoms with Crippen molar-refractivity contribution < 1.29 is 13.6 Å². The molecule has 152 valence electrons. The van der Waals surface area contributed by atoms with Gasteiger partial charge in [-0.15, -0.1) is 0 Å². The molecule has 1 aromatic heterocycles. The van der Waals surface area contributed by atoms with E-state index in [9.17, 15) is 13.6 Å². The SMILES string of the molecule is O=C(NCC1CCCN(Cc2nc3ccccc3n2C(F)F)C1)C1CCCN1. The Bertz CT molecular complexity index is 818. The number of halogens is 2. The molecular weight excluding hydrogens is 364 g/mol. The third-order valence-electron chi connectivity index (χ3n) is 5.77. The lowest BCUT2D eigenvalue weighted by molar-refractivity contribution is -0.123. The maximum atomic E-state index is 13.6. The van der Waals surface area contributed by atoms with Gasteiger partial charge in [0.2, 0.25) is 5.91 Å². The van der Waals surface area contributed by atoms with Gasteiger partial charge in [-0.25, -0.2) is 4.98 Å². The van der Waals surface area contributed by atoms with E-state index in [1.54, 1.807) is 18.2 Å². The van der Waals surface area contributed by atoms with Crippen LogP contribution in [0.4, 0.5) is 8.78 Å². The van der Waals surface area contributed by atoms with Crippen LogP contribution in [0.25, 0.3) is 11.0 Å². The number of para-hydroxylation sites is 2. The van der Waals surface area contributed by atoms with Crippen LogP contribution in [0.2, 0.25) is 0 Å². The fourth-order valence-corrected chi connectivity index (χ4v) is 4.36. The average Bonchev–Trinajstić information content (AvgIpc) is 3.34. The predicted molar refractivity (Wildman–Crippen MR) is 103 cm³/mol. The first-order valence-electron chi connectivity index (χ1n) is 10.1. The fourth-order valence-electron chi connectivity index (χ4n) is 4.36. The van der Waals surface area contributed by atoms with Crippen LogP contribution in [-0.4, -0.2) is 52.6 Å². The normalized spacial score (nSPS) is 23.5. The number of carbonyl (C=O) groups excluding carboxylic acids is 1. The average molecular weight is 391 g/mol. The van der Waals surface area contributed by atoms with Crippen molar-refractivity contribution in [1.29, 1.82) is 0 Å². The highest BCUT2D eigenvalue weighted by molar-refractivity contribution is 5.82. The standard InChI is InChI=1S/C20H27F2N5O/c21-20(22)27-17-8-2-1-6-15(17)25-18(27)13-26-10-4-5-14(12-26)11-24-19(28)16-7-3-9-23-16/h1-2,6,8,14,16,20,23H,3-5,7,9-13H2,(H,24,28). The molecule has 2 atom stereocenters. The summed E-state index contributed by atoms with van der Waals surface area (Å²) in [6.07, 6.45) is 3.98. The lowest BCUT2D eigenvalue weighted by Crippen LogP contribution is -2.45. The minimum Gasteiger partial charge on any atom is -0.354 e. The molecule has 2 saturated heterocycles. The maximum absolute atomic E-state index is 13.6.